The number of likely N-dealkylation sites (N-methyl/N-ethyl adjacent to an activating group) is 1. The average Bonchev–Trinajstić information content (AvgIpc) is 3.23. The number of benzene rings is 1. The second-order valence-corrected chi connectivity index (χ2v) is 7.40. The van der Waals surface area contributed by atoms with Crippen molar-refractivity contribution in [3.8, 4) is 5.75 Å². The van der Waals surface area contributed by atoms with Crippen LogP contribution in [0.4, 0.5) is 0 Å². The van der Waals surface area contributed by atoms with Crippen LogP contribution in [0, 0.1) is 0 Å². The van der Waals surface area contributed by atoms with Gasteiger partial charge in [0.25, 0.3) is 0 Å². The molecule has 1 aromatic carbocycles. The molecule has 2 atom stereocenters. The number of fused-ring (bicyclic) bond motifs is 1. The van der Waals surface area contributed by atoms with Crippen LogP contribution in [0.3, 0.4) is 0 Å². The van der Waals surface area contributed by atoms with Gasteiger partial charge in [0.2, 0.25) is 5.91 Å². The summed E-state index contributed by atoms with van der Waals surface area (Å²) in [5.41, 5.74) is 0.719. The van der Waals surface area contributed by atoms with E-state index in [2.05, 4.69) is 10.2 Å². The highest BCUT2D eigenvalue weighted by atomic mass is 32.2. The summed E-state index contributed by atoms with van der Waals surface area (Å²) in [6, 6.07) is 8.06. The van der Waals surface area contributed by atoms with Crippen LogP contribution < -0.4 is 10.1 Å². The maximum Gasteiger partial charge on any atom is 0.234 e. The van der Waals surface area contributed by atoms with E-state index in [-0.39, 0.29) is 11.9 Å². The Labute approximate surface area is 146 Å². The zero-order chi connectivity index (χ0) is 17.1. The van der Waals surface area contributed by atoms with Crippen molar-refractivity contribution in [3.63, 3.8) is 0 Å². The Morgan fingerprint density at radius 3 is 3.08 bits per heavy atom. The van der Waals surface area contributed by atoms with E-state index in [1.54, 1.807) is 7.11 Å². The number of carbonyl (C=O) groups excluding carboxylic acids is 1. The van der Waals surface area contributed by atoms with Crippen molar-refractivity contribution in [1.29, 1.82) is 0 Å². The topological polar surface area (TPSA) is 54.7 Å². The van der Waals surface area contributed by atoms with Crippen molar-refractivity contribution in [2.75, 3.05) is 32.2 Å². The first-order chi connectivity index (χ1) is 11.6. The van der Waals surface area contributed by atoms with E-state index in [0.717, 1.165) is 28.9 Å². The van der Waals surface area contributed by atoms with E-state index in [9.17, 15) is 4.79 Å². The fourth-order valence-electron chi connectivity index (χ4n) is 3.01. The van der Waals surface area contributed by atoms with Gasteiger partial charge in [0.05, 0.1) is 19.7 Å². The number of rotatable bonds is 6. The number of amides is 1. The molecule has 2 aromatic rings. The molecule has 0 spiro atoms. The fourth-order valence-corrected chi connectivity index (χ4v) is 4.31. The van der Waals surface area contributed by atoms with Gasteiger partial charge in [-0.05, 0) is 38.3 Å². The number of carbonyl (C=O) groups is 1. The Balaban J connectivity index is 1.63. The van der Waals surface area contributed by atoms with Gasteiger partial charge in [-0.3, -0.25) is 9.69 Å². The van der Waals surface area contributed by atoms with Crippen LogP contribution in [-0.4, -0.2) is 49.1 Å². The summed E-state index contributed by atoms with van der Waals surface area (Å²) in [6.45, 7) is 2.35. The summed E-state index contributed by atoms with van der Waals surface area (Å²) in [5, 5.41) is 4.00. The van der Waals surface area contributed by atoms with Gasteiger partial charge in [0, 0.05) is 17.2 Å². The summed E-state index contributed by atoms with van der Waals surface area (Å²) < 4.78 is 11.2. The van der Waals surface area contributed by atoms with E-state index in [0.29, 0.717) is 18.3 Å². The quantitative estimate of drug-likeness (QED) is 0.869. The Morgan fingerprint density at radius 2 is 2.38 bits per heavy atom. The third kappa shape index (κ3) is 3.70. The van der Waals surface area contributed by atoms with Crippen molar-refractivity contribution in [1.82, 2.24) is 10.2 Å². The molecule has 0 unspecified atom stereocenters. The predicted molar refractivity (Wildman–Crippen MR) is 97.7 cm³/mol. The Kier molecular flexibility index (Phi) is 5.36. The van der Waals surface area contributed by atoms with Gasteiger partial charge in [-0.25, -0.2) is 0 Å². The Morgan fingerprint density at radius 1 is 1.54 bits per heavy atom. The smallest absolute Gasteiger partial charge is 0.234 e. The molecular formula is C18H24N2O3S. The first kappa shape index (κ1) is 17.2. The number of furan rings is 1. The van der Waals surface area contributed by atoms with Crippen LogP contribution in [0.25, 0.3) is 11.0 Å². The molecule has 6 heteroatoms. The molecule has 0 aliphatic carbocycles. The third-order valence-corrected chi connectivity index (χ3v) is 5.62. The lowest BCUT2D eigenvalue weighted by Crippen LogP contribution is -2.41. The highest BCUT2D eigenvalue weighted by Gasteiger charge is 2.23. The van der Waals surface area contributed by atoms with Gasteiger partial charge < -0.3 is 14.5 Å². The van der Waals surface area contributed by atoms with Gasteiger partial charge in [-0.2, -0.15) is 11.8 Å². The lowest BCUT2D eigenvalue weighted by atomic mass is 10.2. The van der Waals surface area contributed by atoms with E-state index in [4.69, 9.17) is 9.15 Å². The normalized spacial score (nSPS) is 18.9. The first-order valence-electron chi connectivity index (χ1n) is 8.22. The third-order valence-electron chi connectivity index (χ3n) is 4.47. The molecule has 2 heterocycles. The van der Waals surface area contributed by atoms with Crippen LogP contribution in [0.5, 0.6) is 5.75 Å². The van der Waals surface area contributed by atoms with Gasteiger partial charge in [0.15, 0.2) is 11.3 Å². The maximum absolute atomic E-state index is 12.3. The standard InChI is InChI=1S/C18H24N2O3S/c1-12(19-17(21)10-20(2)14-7-8-24-11-14)16-9-13-5-4-6-15(22-3)18(13)23-16/h4-6,9,12,14H,7-8,10-11H2,1-3H3,(H,19,21)/t12-,14-/m1/s1. The summed E-state index contributed by atoms with van der Waals surface area (Å²) in [5.74, 6) is 3.77. The fraction of sp³-hybridized carbons (Fsp3) is 0.500. The molecule has 5 nitrogen and oxygen atoms in total. The van der Waals surface area contributed by atoms with Crippen LogP contribution in [0.1, 0.15) is 25.1 Å². The van der Waals surface area contributed by atoms with Crippen LogP contribution >= 0.6 is 11.8 Å². The number of thioether (sulfide) groups is 1. The number of methoxy groups -OCH3 is 1. The molecule has 1 amide bonds. The largest absolute Gasteiger partial charge is 0.493 e. The highest BCUT2D eigenvalue weighted by Crippen LogP contribution is 2.30. The van der Waals surface area contributed by atoms with E-state index < -0.39 is 0 Å². The van der Waals surface area contributed by atoms with E-state index in [1.807, 2.05) is 50.0 Å². The van der Waals surface area contributed by atoms with E-state index >= 15 is 0 Å². The minimum Gasteiger partial charge on any atom is -0.493 e. The van der Waals surface area contributed by atoms with Crippen molar-refractivity contribution >= 4 is 28.6 Å². The van der Waals surface area contributed by atoms with Gasteiger partial charge in [-0.15, -0.1) is 0 Å². The molecule has 1 aliphatic heterocycles. The van der Waals surface area contributed by atoms with Crippen molar-refractivity contribution in [3.05, 3.63) is 30.0 Å². The second kappa shape index (κ2) is 7.49. The molecule has 1 saturated heterocycles. The van der Waals surface area contributed by atoms with Crippen molar-refractivity contribution in [2.24, 2.45) is 0 Å². The zero-order valence-electron chi connectivity index (χ0n) is 14.4. The molecule has 0 bridgehead atoms. The Bertz CT molecular complexity index is 709. The molecule has 24 heavy (non-hydrogen) atoms. The lowest BCUT2D eigenvalue weighted by molar-refractivity contribution is -0.123. The molecule has 1 aromatic heterocycles. The molecule has 130 valence electrons. The van der Waals surface area contributed by atoms with Gasteiger partial charge in [0.1, 0.15) is 5.76 Å². The minimum atomic E-state index is -0.180. The molecule has 3 rings (SSSR count). The number of hydrogen-bond donors (Lipinski definition) is 1. The summed E-state index contributed by atoms with van der Waals surface area (Å²) in [7, 11) is 3.64. The highest BCUT2D eigenvalue weighted by molar-refractivity contribution is 7.99. The Hall–Kier alpha value is -1.66. The second-order valence-electron chi connectivity index (χ2n) is 6.25. The van der Waals surface area contributed by atoms with Crippen LogP contribution in [0.15, 0.2) is 28.7 Å². The SMILES string of the molecule is COc1cccc2cc([C@@H](C)NC(=O)CN(C)[C@@H]3CCSC3)oc12. The number of ether oxygens (including phenoxy) is 1. The van der Waals surface area contributed by atoms with Crippen molar-refractivity contribution < 1.29 is 13.9 Å². The number of nitrogens with zero attached hydrogens (tertiary/aromatic N) is 1. The van der Waals surface area contributed by atoms with Gasteiger partial charge >= 0.3 is 0 Å². The molecule has 0 radical (unpaired) electrons. The number of hydrogen-bond acceptors (Lipinski definition) is 5. The molecule has 1 fully saturated rings. The summed E-state index contributed by atoms with van der Waals surface area (Å²) in [6.07, 6.45) is 1.16. The summed E-state index contributed by atoms with van der Waals surface area (Å²) >= 11 is 1.95. The number of para-hydroxylation sites is 1. The molecule has 1 aliphatic rings. The van der Waals surface area contributed by atoms with Gasteiger partial charge in [-0.1, -0.05) is 12.1 Å². The molecular weight excluding hydrogens is 324 g/mol. The maximum atomic E-state index is 12.3. The predicted octanol–water partition coefficient (Wildman–Crippen LogP) is 3.06. The molecule has 0 saturated carbocycles. The van der Waals surface area contributed by atoms with Crippen LogP contribution in [-0.2, 0) is 4.79 Å². The zero-order valence-corrected chi connectivity index (χ0v) is 15.2. The number of nitrogens with one attached hydrogen (secondary N) is 1. The summed E-state index contributed by atoms with van der Waals surface area (Å²) in [4.78, 5) is 14.4. The lowest BCUT2D eigenvalue weighted by Gasteiger charge is -2.23. The monoisotopic (exact) mass is 348 g/mol. The van der Waals surface area contributed by atoms with E-state index in [1.165, 1.54) is 5.75 Å². The van der Waals surface area contributed by atoms with Crippen LogP contribution in [0.2, 0.25) is 0 Å². The molecule has 1 N–H and O–H groups in total. The van der Waals surface area contributed by atoms with Crippen molar-refractivity contribution in [2.45, 2.75) is 25.4 Å². The average molecular weight is 348 g/mol. The minimum absolute atomic E-state index is 0.0225. The first-order valence-corrected chi connectivity index (χ1v) is 9.37.